The predicted molar refractivity (Wildman–Crippen MR) is 79.7 cm³/mol. The van der Waals surface area contributed by atoms with Gasteiger partial charge in [-0.25, -0.2) is 12.8 Å². The van der Waals surface area contributed by atoms with Gasteiger partial charge < -0.3 is 4.74 Å². The van der Waals surface area contributed by atoms with Crippen LogP contribution in [0.3, 0.4) is 0 Å². The average Bonchev–Trinajstić information content (AvgIpc) is 2.40. The topological polar surface area (TPSA) is 55.4 Å². The molecule has 0 saturated carbocycles. The lowest BCUT2D eigenvalue weighted by molar-refractivity contribution is 0.416. The smallest absolute Gasteiger partial charge is 0.262 e. The Labute approximate surface area is 123 Å². The molecule has 0 aliphatic rings. The molecule has 1 N–H and O–H groups in total. The van der Waals surface area contributed by atoms with Crippen molar-refractivity contribution in [2.45, 2.75) is 18.7 Å². The van der Waals surface area contributed by atoms with Crippen LogP contribution in [0.5, 0.6) is 5.75 Å². The lowest BCUT2D eigenvalue weighted by atomic mass is 10.2. The van der Waals surface area contributed by atoms with Gasteiger partial charge in [0.05, 0.1) is 17.7 Å². The fraction of sp³-hybridized carbons (Fsp3) is 0.200. The van der Waals surface area contributed by atoms with Gasteiger partial charge in [0.1, 0.15) is 11.6 Å². The molecular formula is C15H16FNO3S. The first-order valence-electron chi connectivity index (χ1n) is 6.27. The number of halogens is 1. The molecule has 0 bridgehead atoms. The number of nitrogens with one attached hydrogen (secondary N) is 1. The molecule has 0 aromatic heterocycles. The lowest BCUT2D eigenvalue weighted by Crippen LogP contribution is -2.15. The van der Waals surface area contributed by atoms with E-state index in [-0.39, 0.29) is 4.90 Å². The first-order chi connectivity index (χ1) is 9.83. The maximum Gasteiger partial charge on any atom is 0.262 e. The van der Waals surface area contributed by atoms with Gasteiger partial charge >= 0.3 is 0 Å². The third kappa shape index (κ3) is 3.33. The van der Waals surface area contributed by atoms with Gasteiger partial charge in [-0.3, -0.25) is 4.72 Å². The molecule has 112 valence electrons. The van der Waals surface area contributed by atoms with Gasteiger partial charge in [-0.2, -0.15) is 0 Å². The Bertz CT molecular complexity index is 772. The summed E-state index contributed by atoms with van der Waals surface area (Å²) >= 11 is 0. The summed E-state index contributed by atoms with van der Waals surface area (Å²) in [5.41, 5.74) is 1.63. The summed E-state index contributed by atoms with van der Waals surface area (Å²) < 4.78 is 45.5. The first-order valence-corrected chi connectivity index (χ1v) is 7.75. The Morgan fingerprint density at radius 1 is 1.10 bits per heavy atom. The molecule has 0 heterocycles. The second-order valence-electron chi connectivity index (χ2n) is 4.72. The molecular weight excluding hydrogens is 293 g/mol. The van der Waals surface area contributed by atoms with Gasteiger partial charge in [0.15, 0.2) is 0 Å². The Balaban J connectivity index is 2.42. The molecule has 0 aliphatic heterocycles. The highest BCUT2D eigenvalue weighted by atomic mass is 32.2. The molecule has 0 fully saturated rings. The molecule has 0 radical (unpaired) electrons. The normalized spacial score (nSPS) is 11.2. The fourth-order valence-corrected chi connectivity index (χ4v) is 3.29. The number of hydrogen-bond acceptors (Lipinski definition) is 3. The van der Waals surface area contributed by atoms with Crippen LogP contribution in [0.25, 0.3) is 0 Å². The van der Waals surface area contributed by atoms with Crippen LogP contribution in [0.15, 0.2) is 41.3 Å². The molecule has 0 amide bonds. The van der Waals surface area contributed by atoms with Crippen molar-refractivity contribution in [2.24, 2.45) is 0 Å². The standard InChI is InChI=1S/C15H16FNO3S/c1-10-4-6-13(14(8-10)20-3)17-21(18,19)15-7-5-12(16)9-11(15)2/h4-9,17H,1-3H3. The second kappa shape index (κ2) is 5.73. The maximum absolute atomic E-state index is 13.1. The molecule has 2 aromatic rings. The quantitative estimate of drug-likeness (QED) is 0.943. The van der Waals surface area contributed by atoms with E-state index in [2.05, 4.69) is 4.72 Å². The fourth-order valence-electron chi connectivity index (χ4n) is 2.00. The van der Waals surface area contributed by atoms with E-state index in [4.69, 9.17) is 4.74 Å². The van der Waals surface area contributed by atoms with Crippen molar-refractivity contribution >= 4 is 15.7 Å². The highest BCUT2D eigenvalue weighted by Crippen LogP contribution is 2.28. The number of anilines is 1. The number of ether oxygens (including phenoxy) is 1. The molecule has 21 heavy (non-hydrogen) atoms. The molecule has 0 aliphatic carbocycles. The maximum atomic E-state index is 13.1. The molecule has 0 unspecified atom stereocenters. The summed E-state index contributed by atoms with van der Waals surface area (Å²) in [6.45, 7) is 3.43. The Morgan fingerprint density at radius 3 is 2.43 bits per heavy atom. The van der Waals surface area contributed by atoms with Crippen molar-refractivity contribution in [1.29, 1.82) is 0 Å². The number of hydrogen-bond donors (Lipinski definition) is 1. The molecule has 0 spiro atoms. The van der Waals surface area contributed by atoms with E-state index >= 15 is 0 Å². The third-order valence-corrected chi connectivity index (χ3v) is 4.55. The summed E-state index contributed by atoms with van der Waals surface area (Å²) in [7, 11) is -2.33. The number of rotatable bonds is 4. The number of benzene rings is 2. The molecule has 0 saturated heterocycles. The summed E-state index contributed by atoms with van der Waals surface area (Å²) in [5.74, 6) is -0.0438. The number of methoxy groups -OCH3 is 1. The predicted octanol–water partition coefficient (Wildman–Crippen LogP) is 3.25. The monoisotopic (exact) mass is 309 g/mol. The molecule has 4 nitrogen and oxygen atoms in total. The minimum Gasteiger partial charge on any atom is -0.495 e. The number of sulfonamides is 1. The minimum absolute atomic E-state index is 0.0338. The second-order valence-corrected chi connectivity index (χ2v) is 6.37. The summed E-state index contributed by atoms with van der Waals surface area (Å²) in [6, 6.07) is 8.68. The van der Waals surface area contributed by atoms with Crippen molar-refractivity contribution in [3.8, 4) is 5.75 Å². The van der Waals surface area contributed by atoms with Crippen molar-refractivity contribution in [2.75, 3.05) is 11.8 Å². The minimum atomic E-state index is -3.80. The van der Waals surface area contributed by atoms with Crippen LogP contribution >= 0.6 is 0 Å². The van der Waals surface area contributed by atoms with E-state index in [1.165, 1.54) is 19.2 Å². The first kappa shape index (κ1) is 15.3. The zero-order chi connectivity index (χ0) is 15.6. The van der Waals surface area contributed by atoms with Crippen LogP contribution in [0.4, 0.5) is 10.1 Å². The Kier molecular flexibility index (Phi) is 4.18. The largest absolute Gasteiger partial charge is 0.495 e. The van der Waals surface area contributed by atoms with Crippen LogP contribution in [0, 0.1) is 19.7 Å². The van der Waals surface area contributed by atoms with E-state index < -0.39 is 15.8 Å². The van der Waals surface area contributed by atoms with E-state index in [1.54, 1.807) is 25.1 Å². The van der Waals surface area contributed by atoms with E-state index in [9.17, 15) is 12.8 Å². The van der Waals surface area contributed by atoms with E-state index in [0.717, 1.165) is 11.6 Å². The van der Waals surface area contributed by atoms with Crippen molar-refractivity contribution in [3.63, 3.8) is 0 Å². The average molecular weight is 309 g/mol. The van der Waals surface area contributed by atoms with Crippen molar-refractivity contribution in [1.82, 2.24) is 0 Å². The zero-order valence-electron chi connectivity index (χ0n) is 12.0. The van der Waals surface area contributed by atoms with E-state index in [0.29, 0.717) is 17.0 Å². The summed E-state index contributed by atoms with van der Waals surface area (Å²) in [4.78, 5) is 0.0338. The molecule has 6 heteroatoms. The van der Waals surface area contributed by atoms with Gasteiger partial charge in [0, 0.05) is 0 Å². The SMILES string of the molecule is COc1cc(C)ccc1NS(=O)(=O)c1ccc(F)cc1C. The highest BCUT2D eigenvalue weighted by Gasteiger charge is 2.19. The zero-order valence-corrected chi connectivity index (χ0v) is 12.8. The summed E-state index contributed by atoms with van der Waals surface area (Å²) in [5, 5.41) is 0. The van der Waals surface area contributed by atoms with Gasteiger partial charge in [-0.15, -0.1) is 0 Å². The van der Waals surface area contributed by atoms with Crippen LogP contribution in [-0.2, 0) is 10.0 Å². The van der Waals surface area contributed by atoms with Crippen LogP contribution in [0.1, 0.15) is 11.1 Å². The molecule has 2 aromatic carbocycles. The third-order valence-electron chi connectivity index (χ3n) is 3.03. The van der Waals surface area contributed by atoms with Gasteiger partial charge in [0.2, 0.25) is 0 Å². The van der Waals surface area contributed by atoms with Crippen LogP contribution in [0.2, 0.25) is 0 Å². The van der Waals surface area contributed by atoms with Crippen molar-refractivity contribution < 1.29 is 17.5 Å². The summed E-state index contributed by atoms with van der Waals surface area (Å²) in [6.07, 6.45) is 0. The van der Waals surface area contributed by atoms with Crippen LogP contribution < -0.4 is 9.46 Å². The van der Waals surface area contributed by atoms with Gasteiger partial charge in [-0.05, 0) is 55.3 Å². The highest BCUT2D eigenvalue weighted by molar-refractivity contribution is 7.92. The molecule has 2 rings (SSSR count). The Hall–Kier alpha value is -2.08. The molecule has 0 atom stereocenters. The Morgan fingerprint density at radius 2 is 1.81 bits per heavy atom. The lowest BCUT2D eigenvalue weighted by Gasteiger charge is -2.13. The van der Waals surface area contributed by atoms with Crippen molar-refractivity contribution in [3.05, 3.63) is 53.3 Å². The van der Waals surface area contributed by atoms with Gasteiger partial charge in [-0.1, -0.05) is 6.07 Å². The van der Waals surface area contributed by atoms with E-state index in [1.807, 2.05) is 6.92 Å². The van der Waals surface area contributed by atoms with Gasteiger partial charge in [0.25, 0.3) is 10.0 Å². The number of aryl methyl sites for hydroxylation is 2. The van der Waals surface area contributed by atoms with Crippen LogP contribution in [-0.4, -0.2) is 15.5 Å².